The van der Waals surface area contributed by atoms with Gasteiger partial charge in [0.25, 0.3) is 0 Å². The Kier molecular flexibility index (Phi) is 2.90. The third-order valence-corrected chi connectivity index (χ3v) is 2.05. The number of halogens is 2. The third-order valence-electron chi connectivity index (χ3n) is 2.05. The van der Waals surface area contributed by atoms with Gasteiger partial charge < -0.3 is 15.9 Å². The number of hydrogen-bond donors (Lipinski definition) is 3. The Bertz CT molecular complexity index is 261. The molecule has 0 heterocycles. The minimum atomic E-state index is -2.27. The molecule has 1 fully saturated rings. The second-order valence-electron chi connectivity index (χ2n) is 2.99. The van der Waals surface area contributed by atoms with Crippen molar-refractivity contribution in [1.29, 1.82) is 0 Å². The van der Waals surface area contributed by atoms with Gasteiger partial charge in [0.15, 0.2) is 11.2 Å². The van der Waals surface area contributed by atoms with Crippen molar-refractivity contribution in [3.63, 3.8) is 0 Å². The maximum absolute atomic E-state index is 13.2. The Morgan fingerprint density at radius 2 is 1.92 bits per heavy atom. The number of nitrogens with two attached hydrogens (primary N) is 1. The van der Waals surface area contributed by atoms with Crippen molar-refractivity contribution in [2.45, 2.75) is 24.0 Å². The highest BCUT2D eigenvalue weighted by molar-refractivity contribution is 5.87. The molecule has 0 saturated heterocycles. The molecule has 0 radical (unpaired) electrons. The molecule has 0 aliphatic heterocycles. The van der Waals surface area contributed by atoms with E-state index < -0.39 is 36.0 Å². The quantitative estimate of drug-likeness (QED) is 0.602. The maximum atomic E-state index is 13.2. The molecule has 0 bridgehead atoms. The summed E-state index contributed by atoms with van der Waals surface area (Å²) in [4.78, 5) is 20.4. The highest BCUT2D eigenvalue weighted by atomic mass is 35.5. The summed E-state index contributed by atoms with van der Waals surface area (Å²) in [7, 11) is 0. The summed E-state index contributed by atoms with van der Waals surface area (Å²) < 4.78 is 13.2. The van der Waals surface area contributed by atoms with Gasteiger partial charge in [0.05, 0.1) is 6.42 Å². The Morgan fingerprint density at radius 3 is 2.15 bits per heavy atom. The molecule has 0 aromatic carbocycles. The van der Waals surface area contributed by atoms with Crippen LogP contribution in [0.3, 0.4) is 0 Å². The minimum Gasteiger partial charge on any atom is -0.481 e. The molecule has 1 saturated carbocycles. The Hall–Kier alpha value is -0.880. The molecule has 5 nitrogen and oxygen atoms in total. The van der Waals surface area contributed by atoms with Crippen LogP contribution < -0.4 is 5.73 Å². The highest BCUT2D eigenvalue weighted by Gasteiger charge is 2.73. The summed E-state index contributed by atoms with van der Waals surface area (Å²) in [6, 6.07) is 0. The zero-order valence-corrected chi connectivity index (χ0v) is 7.31. The highest BCUT2D eigenvalue weighted by Crippen LogP contribution is 2.51. The van der Waals surface area contributed by atoms with Gasteiger partial charge in [0, 0.05) is 6.42 Å². The molecular weight excluding hydrogens is 205 g/mol. The summed E-state index contributed by atoms with van der Waals surface area (Å²) in [5, 5.41) is 16.6. The van der Waals surface area contributed by atoms with Gasteiger partial charge in [-0.3, -0.25) is 9.59 Å². The lowest BCUT2D eigenvalue weighted by Gasteiger charge is -2.07. The SMILES string of the molecule is Cl.N[C@]1(C(=O)O)C[C@@]1(F)CC(=O)O. The van der Waals surface area contributed by atoms with E-state index in [-0.39, 0.29) is 12.4 Å². The van der Waals surface area contributed by atoms with Crippen molar-refractivity contribution in [2.24, 2.45) is 5.73 Å². The van der Waals surface area contributed by atoms with Crippen LogP contribution in [0.15, 0.2) is 0 Å². The zero-order valence-electron chi connectivity index (χ0n) is 6.49. The summed E-state index contributed by atoms with van der Waals surface area (Å²) in [5.74, 6) is -2.88. The lowest BCUT2D eigenvalue weighted by atomic mass is 10.1. The fraction of sp³-hybridized carbons (Fsp3) is 0.667. The van der Waals surface area contributed by atoms with Gasteiger partial charge in [-0.1, -0.05) is 0 Å². The van der Waals surface area contributed by atoms with E-state index in [0.717, 1.165) is 0 Å². The normalized spacial score (nSPS) is 36.2. The van der Waals surface area contributed by atoms with E-state index in [0.29, 0.717) is 0 Å². The molecule has 0 aromatic heterocycles. The molecule has 76 valence electrons. The van der Waals surface area contributed by atoms with Crippen LogP contribution in [-0.2, 0) is 9.59 Å². The fourth-order valence-electron chi connectivity index (χ4n) is 1.12. The smallest absolute Gasteiger partial charge is 0.327 e. The number of rotatable bonds is 3. The molecule has 13 heavy (non-hydrogen) atoms. The van der Waals surface area contributed by atoms with Crippen molar-refractivity contribution >= 4 is 24.3 Å². The maximum Gasteiger partial charge on any atom is 0.327 e. The van der Waals surface area contributed by atoms with Crippen LogP contribution in [0, 0.1) is 0 Å². The van der Waals surface area contributed by atoms with Gasteiger partial charge in [-0.05, 0) is 0 Å². The van der Waals surface area contributed by atoms with Crippen molar-refractivity contribution in [2.75, 3.05) is 0 Å². The molecule has 1 rings (SSSR count). The Balaban J connectivity index is 0.00000144. The van der Waals surface area contributed by atoms with Crippen LogP contribution in [0.4, 0.5) is 4.39 Å². The van der Waals surface area contributed by atoms with E-state index in [9.17, 15) is 14.0 Å². The molecule has 7 heteroatoms. The molecule has 4 N–H and O–H groups in total. The topological polar surface area (TPSA) is 101 Å². The van der Waals surface area contributed by atoms with E-state index in [2.05, 4.69) is 0 Å². The first-order valence-corrected chi connectivity index (χ1v) is 3.25. The molecule has 0 aromatic rings. The number of carboxylic acids is 2. The van der Waals surface area contributed by atoms with Gasteiger partial charge in [-0.15, -0.1) is 12.4 Å². The zero-order chi connectivity index (χ0) is 9.57. The third kappa shape index (κ3) is 1.73. The van der Waals surface area contributed by atoms with Gasteiger partial charge in [-0.25, -0.2) is 4.39 Å². The molecule has 2 atom stereocenters. The van der Waals surface area contributed by atoms with Crippen LogP contribution in [0.25, 0.3) is 0 Å². The fourth-order valence-corrected chi connectivity index (χ4v) is 1.12. The van der Waals surface area contributed by atoms with Crippen LogP contribution in [-0.4, -0.2) is 33.4 Å². The van der Waals surface area contributed by atoms with Crippen LogP contribution in [0.2, 0.25) is 0 Å². The number of alkyl halides is 1. The first-order valence-electron chi connectivity index (χ1n) is 3.25. The van der Waals surface area contributed by atoms with E-state index in [4.69, 9.17) is 15.9 Å². The number of carboxylic acid groups (broad SMARTS) is 2. The lowest BCUT2D eigenvalue weighted by Crippen LogP contribution is -2.41. The monoisotopic (exact) mass is 213 g/mol. The summed E-state index contributed by atoms with van der Waals surface area (Å²) in [6.07, 6.45) is -1.28. The predicted octanol–water partition coefficient (Wildman–Crippen LogP) is -0.223. The van der Waals surface area contributed by atoms with Gasteiger partial charge in [-0.2, -0.15) is 0 Å². The van der Waals surface area contributed by atoms with E-state index in [1.807, 2.05) is 0 Å². The van der Waals surface area contributed by atoms with Crippen molar-refractivity contribution < 1.29 is 24.2 Å². The standard InChI is InChI=1S/C6H8FNO4.ClH/c7-5(1-3(9)10)2-6(5,8)4(11)12;/h1-2,8H2,(H,9,10)(H,11,12);1H/t5-,6-;/m0./s1. The minimum absolute atomic E-state index is 0. The van der Waals surface area contributed by atoms with Crippen molar-refractivity contribution in [1.82, 2.24) is 0 Å². The molecule has 0 amide bonds. The van der Waals surface area contributed by atoms with Crippen LogP contribution in [0.1, 0.15) is 12.8 Å². The Labute approximate surface area is 79.1 Å². The molecule has 1 aliphatic carbocycles. The number of aliphatic carboxylic acids is 2. The average Bonchev–Trinajstić information content (AvgIpc) is 2.33. The first kappa shape index (κ1) is 12.1. The van der Waals surface area contributed by atoms with Gasteiger partial charge >= 0.3 is 11.9 Å². The molecule has 0 spiro atoms. The van der Waals surface area contributed by atoms with Gasteiger partial charge in [0.1, 0.15) is 0 Å². The largest absolute Gasteiger partial charge is 0.481 e. The first-order chi connectivity index (χ1) is 5.32. The molecule has 1 aliphatic rings. The molecular formula is C6H9ClFNO4. The van der Waals surface area contributed by atoms with Crippen LogP contribution in [0.5, 0.6) is 0 Å². The van der Waals surface area contributed by atoms with Crippen molar-refractivity contribution in [3.8, 4) is 0 Å². The van der Waals surface area contributed by atoms with Crippen molar-refractivity contribution in [3.05, 3.63) is 0 Å². The van der Waals surface area contributed by atoms with Gasteiger partial charge in [0.2, 0.25) is 0 Å². The summed E-state index contributed by atoms with van der Waals surface area (Å²) in [6.45, 7) is 0. The second kappa shape index (κ2) is 3.12. The average molecular weight is 214 g/mol. The molecule has 0 unspecified atom stereocenters. The van der Waals surface area contributed by atoms with E-state index in [1.54, 1.807) is 0 Å². The van der Waals surface area contributed by atoms with E-state index >= 15 is 0 Å². The second-order valence-corrected chi connectivity index (χ2v) is 2.99. The van der Waals surface area contributed by atoms with Crippen LogP contribution >= 0.6 is 12.4 Å². The number of hydrogen-bond acceptors (Lipinski definition) is 3. The summed E-state index contributed by atoms with van der Waals surface area (Å²) in [5.41, 5.74) is 0.810. The number of carbonyl (C=O) groups is 2. The van der Waals surface area contributed by atoms with E-state index in [1.165, 1.54) is 0 Å². The summed E-state index contributed by atoms with van der Waals surface area (Å²) >= 11 is 0. The predicted molar refractivity (Wildman–Crippen MR) is 42.5 cm³/mol. The Morgan fingerprint density at radius 1 is 1.46 bits per heavy atom. The lowest BCUT2D eigenvalue weighted by molar-refractivity contribution is -0.142.